The highest BCUT2D eigenvalue weighted by Crippen LogP contribution is 2.39. The Balaban J connectivity index is 1.93. The fourth-order valence-electron chi connectivity index (χ4n) is 4.09. The van der Waals surface area contributed by atoms with Crippen LogP contribution in [-0.2, 0) is 29.2 Å². The summed E-state index contributed by atoms with van der Waals surface area (Å²) in [5, 5.41) is 13.5. The van der Waals surface area contributed by atoms with Gasteiger partial charge in [-0.3, -0.25) is 15.5 Å². The molecular weight excluding hydrogens is 631 g/mol. The number of carbonyl (C=O) groups excluding carboxylic acids is 2. The maximum atomic E-state index is 13.9. The van der Waals surface area contributed by atoms with Gasteiger partial charge in [-0.1, -0.05) is 24.3 Å². The molecule has 3 N–H and O–H groups in total. The Labute approximate surface area is 261 Å². The smallest absolute Gasteiger partial charge is 0.413 e. The van der Waals surface area contributed by atoms with E-state index in [0.29, 0.717) is 21.0 Å². The molecule has 1 heterocycles. The SMILES string of the molecule is CSc1sc(C(=N)NC(=O)OC(C)(C)C)cc1S(=O)(=O)c1cccc(-c2c(C)cccc2NC(=O)CCCS(C)(=O)=O)c1. The number of carbonyl (C=O) groups is 2. The Morgan fingerprint density at radius 1 is 1.05 bits per heavy atom. The Bertz CT molecular complexity index is 1760. The minimum Gasteiger partial charge on any atom is -0.444 e. The van der Waals surface area contributed by atoms with Crippen LogP contribution in [0.1, 0.15) is 44.1 Å². The third-order valence-electron chi connectivity index (χ3n) is 5.91. The molecule has 3 rings (SSSR count). The van der Waals surface area contributed by atoms with Crippen LogP contribution in [0.2, 0.25) is 0 Å². The number of hydrogen-bond acceptors (Lipinski definition) is 10. The summed E-state index contributed by atoms with van der Waals surface area (Å²) in [5.41, 5.74) is 1.71. The molecule has 0 fully saturated rings. The lowest BCUT2D eigenvalue weighted by atomic mass is 9.98. The Morgan fingerprint density at radius 3 is 2.35 bits per heavy atom. The van der Waals surface area contributed by atoms with Gasteiger partial charge in [-0.25, -0.2) is 21.6 Å². The molecule has 0 aliphatic heterocycles. The zero-order valence-electron chi connectivity index (χ0n) is 24.7. The van der Waals surface area contributed by atoms with Crippen molar-refractivity contribution in [2.24, 2.45) is 0 Å². The van der Waals surface area contributed by atoms with Crippen LogP contribution >= 0.6 is 23.1 Å². The van der Waals surface area contributed by atoms with Crippen LogP contribution in [-0.4, -0.2) is 58.5 Å². The van der Waals surface area contributed by atoms with Gasteiger partial charge in [0.1, 0.15) is 21.3 Å². The monoisotopic (exact) mass is 665 g/mol. The molecule has 0 unspecified atom stereocenters. The molecule has 0 radical (unpaired) electrons. The van der Waals surface area contributed by atoms with E-state index in [-0.39, 0.29) is 45.0 Å². The maximum Gasteiger partial charge on any atom is 0.413 e. The van der Waals surface area contributed by atoms with Gasteiger partial charge in [-0.2, -0.15) is 0 Å². The Morgan fingerprint density at radius 2 is 1.72 bits per heavy atom. The molecule has 43 heavy (non-hydrogen) atoms. The molecule has 10 nitrogen and oxygen atoms in total. The van der Waals surface area contributed by atoms with Gasteiger partial charge >= 0.3 is 6.09 Å². The third kappa shape index (κ3) is 9.39. The van der Waals surface area contributed by atoms with Crippen LogP contribution in [0.4, 0.5) is 10.5 Å². The summed E-state index contributed by atoms with van der Waals surface area (Å²) in [7, 11) is -7.24. The Hall–Kier alpha value is -3.20. The number of benzene rings is 2. The van der Waals surface area contributed by atoms with E-state index in [2.05, 4.69) is 10.6 Å². The summed E-state index contributed by atoms with van der Waals surface area (Å²) < 4.78 is 56.3. The largest absolute Gasteiger partial charge is 0.444 e. The number of anilines is 1. The van der Waals surface area contributed by atoms with E-state index in [1.54, 1.807) is 51.3 Å². The molecule has 3 aromatic rings. The average Bonchev–Trinajstić information content (AvgIpc) is 3.33. The van der Waals surface area contributed by atoms with Crippen LogP contribution in [0.25, 0.3) is 11.1 Å². The average molecular weight is 666 g/mol. The molecule has 2 amide bonds. The van der Waals surface area contributed by atoms with Crippen molar-refractivity contribution in [2.75, 3.05) is 23.6 Å². The molecule has 0 spiro atoms. The van der Waals surface area contributed by atoms with Crippen molar-refractivity contribution >= 4 is 66.3 Å². The molecule has 1 aromatic heterocycles. The number of alkyl carbamates (subject to hydrolysis) is 1. The van der Waals surface area contributed by atoms with Crippen molar-refractivity contribution in [3.63, 3.8) is 0 Å². The number of rotatable bonds is 10. The van der Waals surface area contributed by atoms with Gasteiger partial charge in [-0.15, -0.1) is 23.1 Å². The molecule has 0 aliphatic rings. The van der Waals surface area contributed by atoms with Crippen LogP contribution in [0, 0.1) is 12.3 Å². The lowest BCUT2D eigenvalue weighted by Gasteiger charge is -2.19. The number of nitrogens with one attached hydrogen (secondary N) is 3. The number of amides is 2. The summed E-state index contributed by atoms with van der Waals surface area (Å²) >= 11 is 2.29. The van der Waals surface area contributed by atoms with Crippen LogP contribution in [0.3, 0.4) is 0 Å². The summed E-state index contributed by atoms with van der Waals surface area (Å²) in [6.07, 6.45) is 2.24. The van der Waals surface area contributed by atoms with E-state index in [1.165, 1.54) is 30.0 Å². The lowest BCUT2D eigenvalue weighted by molar-refractivity contribution is -0.116. The van der Waals surface area contributed by atoms with E-state index in [0.717, 1.165) is 23.2 Å². The molecule has 232 valence electrons. The van der Waals surface area contributed by atoms with Crippen molar-refractivity contribution in [2.45, 2.75) is 60.1 Å². The van der Waals surface area contributed by atoms with E-state index in [9.17, 15) is 26.4 Å². The highest BCUT2D eigenvalue weighted by Gasteiger charge is 2.27. The first-order valence-corrected chi connectivity index (χ1v) is 18.7. The lowest BCUT2D eigenvalue weighted by Crippen LogP contribution is -2.36. The van der Waals surface area contributed by atoms with Crippen LogP contribution in [0.5, 0.6) is 0 Å². The molecular formula is C29H35N3O7S4. The quantitative estimate of drug-likeness (QED) is 0.137. The molecule has 0 saturated heterocycles. The zero-order chi connectivity index (χ0) is 32.2. The van der Waals surface area contributed by atoms with Crippen molar-refractivity contribution < 1.29 is 31.2 Å². The predicted octanol–water partition coefficient (Wildman–Crippen LogP) is 5.89. The minimum atomic E-state index is -4.05. The summed E-state index contributed by atoms with van der Waals surface area (Å²) in [6, 6.07) is 13.1. The fourth-order valence-corrected chi connectivity index (χ4v) is 8.70. The number of aryl methyl sites for hydroxylation is 1. The standard InChI is InChI=1S/C29H35N3O7S4/c1-18-10-7-13-21(31-24(33)14-9-15-42(6,35)36)25(18)19-11-8-12-20(16-19)43(37,38)23-17-22(41-27(23)40-5)26(30)32-28(34)39-29(2,3)4/h7-8,10-13,16-17H,9,14-15H2,1-6H3,(H,31,33)(H2,30,32,34). The first kappa shape index (κ1) is 34.3. The molecule has 0 atom stereocenters. The van der Waals surface area contributed by atoms with Crippen molar-refractivity contribution in [3.05, 3.63) is 59.0 Å². The van der Waals surface area contributed by atoms with Crippen LogP contribution < -0.4 is 10.6 Å². The molecule has 14 heteroatoms. The third-order valence-corrected chi connectivity index (χ3v) is 11.3. The van der Waals surface area contributed by atoms with Crippen molar-refractivity contribution in [1.29, 1.82) is 5.41 Å². The summed E-state index contributed by atoms with van der Waals surface area (Å²) in [6.45, 7) is 6.93. The number of amidine groups is 1. The van der Waals surface area contributed by atoms with Crippen molar-refractivity contribution in [3.8, 4) is 11.1 Å². The van der Waals surface area contributed by atoms with Gasteiger partial charge in [0, 0.05) is 23.9 Å². The number of sulfone groups is 2. The topological polar surface area (TPSA) is 160 Å². The van der Waals surface area contributed by atoms with Crippen molar-refractivity contribution in [1.82, 2.24) is 5.32 Å². The number of thiophene rings is 1. The second-order valence-electron chi connectivity index (χ2n) is 10.8. The van der Waals surface area contributed by atoms with Gasteiger partial charge in [0.2, 0.25) is 15.7 Å². The van der Waals surface area contributed by atoms with E-state index in [4.69, 9.17) is 10.1 Å². The highest BCUT2D eigenvalue weighted by atomic mass is 32.2. The first-order chi connectivity index (χ1) is 19.9. The highest BCUT2D eigenvalue weighted by molar-refractivity contribution is 8.01. The molecule has 0 saturated carbocycles. The minimum absolute atomic E-state index is 0.0112. The fraction of sp³-hybridized carbons (Fsp3) is 0.345. The van der Waals surface area contributed by atoms with Gasteiger partial charge in [0.05, 0.1) is 24.6 Å². The molecule has 0 aliphatic carbocycles. The van der Waals surface area contributed by atoms with E-state index in [1.807, 2.05) is 13.0 Å². The molecule has 2 aromatic carbocycles. The second-order valence-corrected chi connectivity index (χ2v) is 17.1. The number of ether oxygens (including phenoxy) is 1. The van der Waals surface area contributed by atoms with E-state index >= 15 is 0 Å². The predicted molar refractivity (Wildman–Crippen MR) is 172 cm³/mol. The van der Waals surface area contributed by atoms with Gasteiger partial charge in [0.15, 0.2) is 0 Å². The Kier molecular flexibility index (Phi) is 10.9. The number of hydrogen-bond donors (Lipinski definition) is 3. The zero-order valence-corrected chi connectivity index (χ0v) is 28.0. The second kappa shape index (κ2) is 13.6. The summed E-state index contributed by atoms with van der Waals surface area (Å²) in [5.74, 6) is -0.724. The van der Waals surface area contributed by atoms with Gasteiger partial charge in [-0.05, 0) is 75.8 Å². The van der Waals surface area contributed by atoms with Gasteiger partial charge in [0.25, 0.3) is 0 Å². The normalized spacial score (nSPS) is 12.0. The van der Waals surface area contributed by atoms with Crippen LogP contribution in [0.15, 0.2) is 62.5 Å². The summed E-state index contributed by atoms with van der Waals surface area (Å²) in [4.78, 5) is 25.1. The van der Waals surface area contributed by atoms with Gasteiger partial charge < -0.3 is 10.1 Å². The van der Waals surface area contributed by atoms with E-state index < -0.39 is 31.4 Å². The maximum absolute atomic E-state index is 13.9. The molecule has 0 bridgehead atoms. The number of thioether (sulfide) groups is 1. The first-order valence-electron chi connectivity index (χ1n) is 13.1.